The summed E-state index contributed by atoms with van der Waals surface area (Å²) in [5, 5.41) is 11.2. The maximum Gasteiger partial charge on any atom is 0.300 e. The lowest BCUT2D eigenvalue weighted by molar-refractivity contribution is -0.132. The van der Waals surface area contributed by atoms with Crippen molar-refractivity contribution in [1.82, 2.24) is 0 Å². The summed E-state index contributed by atoms with van der Waals surface area (Å²) < 4.78 is 6.30. The molecule has 1 heterocycles. The first-order valence-electron chi connectivity index (χ1n) is 9.86. The highest BCUT2D eigenvalue weighted by Crippen LogP contribution is 2.42. The number of ether oxygens (including phenoxy) is 1. The molecule has 5 nitrogen and oxygen atoms in total. The lowest BCUT2D eigenvalue weighted by Gasteiger charge is -2.25. The Hall–Kier alpha value is -3.38. The van der Waals surface area contributed by atoms with Crippen molar-refractivity contribution in [1.29, 1.82) is 0 Å². The van der Waals surface area contributed by atoms with Crippen molar-refractivity contribution in [3.05, 3.63) is 100 Å². The zero-order chi connectivity index (χ0) is 22.0. The van der Waals surface area contributed by atoms with Crippen LogP contribution in [0.4, 0.5) is 5.69 Å². The van der Waals surface area contributed by atoms with Gasteiger partial charge in [-0.2, -0.15) is 0 Å². The molecule has 1 fully saturated rings. The first-order chi connectivity index (χ1) is 15.0. The molecule has 0 radical (unpaired) electrons. The Balaban J connectivity index is 1.92. The van der Waals surface area contributed by atoms with E-state index in [-0.39, 0.29) is 11.3 Å². The first-order valence-corrected chi connectivity index (χ1v) is 10.6. The Bertz CT molecular complexity index is 1170. The third-order valence-electron chi connectivity index (χ3n) is 5.06. The Morgan fingerprint density at radius 2 is 1.74 bits per heavy atom. The number of carbonyl (C=O) groups excluding carboxylic acids is 2. The fourth-order valence-corrected chi connectivity index (χ4v) is 4.12. The van der Waals surface area contributed by atoms with Crippen LogP contribution in [0.5, 0.6) is 5.75 Å². The maximum absolute atomic E-state index is 13.1. The van der Waals surface area contributed by atoms with Gasteiger partial charge in [0.25, 0.3) is 11.7 Å². The summed E-state index contributed by atoms with van der Waals surface area (Å²) in [6.07, 6.45) is 0. The Kier molecular flexibility index (Phi) is 5.91. The molecule has 1 unspecified atom stereocenters. The summed E-state index contributed by atoms with van der Waals surface area (Å²) >= 11 is 3.43. The summed E-state index contributed by atoms with van der Waals surface area (Å²) in [5.41, 5.74) is 1.75. The van der Waals surface area contributed by atoms with Crippen molar-refractivity contribution >= 4 is 39.1 Å². The van der Waals surface area contributed by atoms with E-state index in [1.54, 1.807) is 42.5 Å². The summed E-state index contributed by atoms with van der Waals surface area (Å²) in [5.74, 6) is -1.07. The lowest BCUT2D eigenvalue weighted by Crippen LogP contribution is -2.29. The van der Waals surface area contributed by atoms with Crippen LogP contribution in [0.3, 0.4) is 0 Å². The molecule has 3 aromatic carbocycles. The van der Waals surface area contributed by atoms with Gasteiger partial charge in [0.2, 0.25) is 0 Å². The normalized spacial score (nSPS) is 17.7. The smallest absolute Gasteiger partial charge is 0.300 e. The first kappa shape index (κ1) is 20.9. The number of amides is 1. The van der Waals surface area contributed by atoms with Crippen LogP contribution in [-0.4, -0.2) is 23.4 Å². The molecule has 1 atom stereocenters. The molecule has 0 spiro atoms. The number of Topliss-reactive ketones (excluding diaryl/α,β-unsaturated/α-hetero) is 1. The minimum absolute atomic E-state index is 0.0461. The summed E-state index contributed by atoms with van der Waals surface area (Å²) in [7, 11) is 0. The van der Waals surface area contributed by atoms with E-state index in [2.05, 4.69) is 15.9 Å². The van der Waals surface area contributed by atoms with E-state index in [1.165, 1.54) is 4.90 Å². The predicted molar refractivity (Wildman–Crippen MR) is 123 cm³/mol. The maximum atomic E-state index is 13.1. The van der Waals surface area contributed by atoms with E-state index in [0.29, 0.717) is 23.6 Å². The van der Waals surface area contributed by atoms with Gasteiger partial charge in [-0.25, -0.2) is 0 Å². The SMILES string of the molecule is CCOc1cccc(/C(O)=C2\C(=O)C(=O)N(c3cccc(Br)c3)C2c2ccccc2)c1. The Labute approximate surface area is 188 Å². The van der Waals surface area contributed by atoms with Crippen molar-refractivity contribution in [2.24, 2.45) is 0 Å². The second-order valence-corrected chi connectivity index (χ2v) is 7.94. The van der Waals surface area contributed by atoms with Gasteiger partial charge in [0.05, 0.1) is 18.2 Å². The van der Waals surface area contributed by atoms with E-state index in [0.717, 1.165) is 10.0 Å². The third kappa shape index (κ3) is 3.99. The van der Waals surface area contributed by atoms with Crippen molar-refractivity contribution in [2.45, 2.75) is 13.0 Å². The van der Waals surface area contributed by atoms with E-state index >= 15 is 0 Å². The molecular weight excluding hydrogens is 458 g/mol. The summed E-state index contributed by atoms with van der Waals surface area (Å²) in [6.45, 7) is 2.34. The number of rotatable bonds is 5. The monoisotopic (exact) mass is 477 g/mol. The number of nitrogens with zero attached hydrogens (tertiary/aromatic N) is 1. The van der Waals surface area contributed by atoms with Crippen LogP contribution in [-0.2, 0) is 9.59 Å². The standard InChI is InChI=1S/C25H20BrNO4/c1-2-31-20-13-6-10-17(14-20)23(28)21-22(16-8-4-3-5-9-16)27(25(30)24(21)29)19-12-7-11-18(26)15-19/h3-15,22,28H,2H2,1H3/b23-21+. The molecule has 4 rings (SSSR count). The molecule has 31 heavy (non-hydrogen) atoms. The molecule has 1 N–H and O–H groups in total. The molecule has 1 aliphatic rings. The number of hydrogen-bond acceptors (Lipinski definition) is 4. The summed E-state index contributed by atoms with van der Waals surface area (Å²) in [6, 6.07) is 22.5. The van der Waals surface area contributed by atoms with Crippen LogP contribution in [0.1, 0.15) is 24.1 Å². The van der Waals surface area contributed by atoms with Gasteiger partial charge in [-0.15, -0.1) is 0 Å². The van der Waals surface area contributed by atoms with Crippen LogP contribution in [0.15, 0.2) is 88.9 Å². The van der Waals surface area contributed by atoms with Gasteiger partial charge in [-0.1, -0.05) is 64.5 Å². The van der Waals surface area contributed by atoms with E-state index in [9.17, 15) is 14.7 Å². The van der Waals surface area contributed by atoms with Gasteiger partial charge in [0, 0.05) is 15.7 Å². The van der Waals surface area contributed by atoms with Gasteiger partial charge < -0.3 is 9.84 Å². The molecule has 0 aliphatic carbocycles. The Morgan fingerprint density at radius 3 is 2.45 bits per heavy atom. The van der Waals surface area contributed by atoms with Crippen molar-refractivity contribution in [2.75, 3.05) is 11.5 Å². The number of aliphatic hydroxyl groups excluding tert-OH is 1. The fraction of sp³-hybridized carbons (Fsp3) is 0.120. The highest BCUT2D eigenvalue weighted by atomic mass is 79.9. The second-order valence-electron chi connectivity index (χ2n) is 7.02. The lowest BCUT2D eigenvalue weighted by atomic mass is 9.95. The number of aliphatic hydroxyl groups is 1. The second kappa shape index (κ2) is 8.78. The molecule has 0 bridgehead atoms. The topological polar surface area (TPSA) is 66.8 Å². The van der Waals surface area contributed by atoms with Crippen molar-refractivity contribution < 1.29 is 19.4 Å². The fourth-order valence-electron chi connectivity index (χ4n) is 3.73. The zero-order valence-corrected chi connectivity index (χ0v) is 18.4. The van der Waals surface area contributed by atoms with Gasteiger partial charge in [0.15, 0.2) is 0 Å². The molecule has 0 saturated carbocycles. The Morgan fingerprint density at radius 1 is 1.00 bits per heavy atom. The molecule has 6 heteroatoms. The number of anilines is 1. The quantitative estimate of drug-likeness (QED) is 0.300. The van der Waals surface area contributed by atoms with Crippen LogP contribution in [0, 0.1) is 0 Å². The van der Waals surface area contributed by atoms with Crippen LogP contribution < -0.4 is 9.64 Å². The highest BCUT2D eigenvalue weighted by molar-refractivity contribution is 9.10. The molecule has 0 aromatic heterocycles. The number of ketones is 1. The molecule has 1 saturated heterocycles. The van der Waals surface area contributed by atoms with Crippen LogP contribution in [0.2, 0.25) is 0 Å². The third-order valence-corrected chi connectivity index (χ3v) is 5.56. The predicted octanol–water partition coefficient (Wildman–Crippen LogP) is 5.47. The molecule has 1 aliphatic heterocycles. The van der Waals surface area contributed by atoms with Gasteiger partial charge in [-0.3, -0.25) is 14.5 Å². The largest absolute Gasteiger partial charge is 0.507 e. The average Bonchev–Trinajstić information content (AvgIpc) is 3.05. The highest BCUT2D eigenvalue weighted by Gasteiger charge is 2.46. The van der Waals surface area contributed by atoms with E-state index in [1.807, 2.05) is 43.3 Å². The van der Waals surface area contributed by atoms with Gasteiger partial charge in [-0.05, 0) is 42.8 Å². The summed E-state index contributed by atoms with van der Waals surface area (Å²) in [4.78, 5) is 27.7. The number of carbonyl (C=O) groups is 2. The van der Waals surface area contributed by atoms with E-state index < -0.39 is 17.7 Å². The number of hydrogen-bond donors (Lipinski definition) is 1. The number of benzene rings is 3. The average molecular weight is 478 g/mol. The van der Waals surface area contributed by atoms with Crippen LogP contribution >= 0.6 is 15.9 Å². The zero-order valence-electron chi connectivity index (χ0n) is 16.8. The minimum Gasteiger partial charge on any atom is -0.507 e. The van der Waals surface area contributed by atoms with Gasteiger partial charge in [0.1, 0.15) is 11.5 Å². The number of halogens is 1. The van der Waals surface area contributed by atoms with Crippen LogP contribution in [0.25, 0.3) is 5.76 Å². The van der Waals surface area contributed by atoms with Crippen molar-refractivity contribution in [3.8, 4) is 5.75 Å². The van der Waals surface area contributed by atoms with Gasteiger partial charge >= 0.3 is 0 Å². The minimum atomic E-state index is -0.758. The molecular formula is C25H20BrNO4. The van der Waals surface area contributed by atoms with E-state index in [4.69, 9.17) is 4.74 Å². The van der Waals surface area contributed by atoms with Crippen molar-refractivity contribution in [3.63, 3.8) is 0 Å². The molecule has 156 valence electrons. The molecule has 1 amide bonds. The molecule has 3 aromatic rings.